The van der Waals surface area contributed by atoms with Crippen molar-refractivity contribution in [2.24, 2.45) is 0 Å². The fraction of sp³-hybridized carbons (Fsp3) is 0.318. The molecule has 1 aromatic carbocycles. The Bertz CT molecular complexity index is 1410. The van der Waals surface area contributed by atoms with Gasteiger partial charge >= 0.3 is 5.97 Å². The zero-order valence-electron chi connectivity index (χ0n) is 20.0. The van der Waals surface area contributed by atoms with Crippen molar-refractivity contribution >= 4 is 56.0 Å². The van der Waals surface area contributed by atoms with Crippen LogP contribution in [0.25, 0.3) is 0 Å². The minimum absolute atomic E-state index is 0.123. The first kappa shape index (κ1) is 26.2. The van der Waals surface area contributed by atoms with Crippen molar-refractivity contribution in [1.29, 1.82) is 0 Å². The Morgan fingerprint density at radius 3 is 2.68 bits per heavy atom. The third kappa shape index (κ3) is 6.69. The fourth-order valence-electron chi connectivity index (χ4n) is 3.48. The van der Waals surface area contributed by atoms with Gasteiger partial charge in [-0.1, -0.05) is 23.5 Å². The van der Waals surface area contributed by atoms with Gasteiger partial charge in [-0.3, -0.25) is 14.7 Å². The SMILES string of the molecule is CCOC(=O)c1sc(Nc2nc(NCc3ccc(S(=O)(=O)O)cc3)cc(N3CCNC(=O)C3)n2)nc1C. The number of hydrogen-bond donors (Lipinski definition) is 4. The monoisotopic (exact) mass is 547 g/mol. The Morgan fingerprint density at radius 1 is 1.24 bits per heavy atom. The standard InChI is InChI=1S/C22H25N7O6S2/c1-3-35-20(31)19-13(2)25-22(36-19)28-21-26-16(10-17(27-21)29-9-8-23-18(30)12-29)24-11-14-4-6-15(7-5-14)37(32,33)34/h4-7,10H,3,8-9,11-12H2,1-2H3,(H,23,30)(H,32,33,34)(H2,24,25,26,27,28). The van der Waals surface area contributed by atoms with Crippen LogP contribution in [0, 0.1) is 6.92 Å². The van der Waals surface area contributed by atoms with Gasteiger partial charge in [-0.2, -0.15) is 18.4 Å². The summed E-state index contributed by atoms with van der Waals surface area (Å²) in [6.45, 7) is 5.15. The van der Waals surface area contributed by atoms with Crippen LogP contribution in [-0.4, -0.2) is 66.0 Å². The van der Waals surface area contributed by atoms with Crippen molar-refractivity contribution in [2.45, 2.75) is 25.3 Å². The molecule has 37 heavy (non-hydrogen) atoms. The number of piperazine rings is 1. The van der Waals surface area contributed by atoms with Gasteiger partial charge in [0, 0.05) is 25.7 Å². The molecule has 4 rings (SSSR count). The Hall–Kier alpha value is -3.82. The van der Waals surface area contributed by atoms with Gasteiger partial charge in [0.05, 0.1) is 23.7 Å². The molecule has 13 nitrogen and oxygen atoms in total. The third-order valence-electron chi connectivity index (χ3n) is 5.25. The maximum absolute atomic E-state index is 12.2. The molecule has 4 N–H and O–H groups in total. The first-order valence-corrected chi connectivity index (χ1v) is 13.5. The van der Waals surface area contributed by atoms with Crippen LogP contribution in [-0.2, 0) is 26.2 Å². The van der Waals surface area contributed by atoms with Crippen LogP contribution in [0.3, 0.4) is 0 Å². The van der Waals surface area contributed by atoms with Crippen molar-refractivity contribution < 1.29 is 27.3 Å². The number of thiazole rings is 1. The van der Waals surface area contributed by atoms with Gasteiger partial charge in [-0.15, -0.1) is 0 Å². The minimum atomic E-state index is -4.28. The lowest BCUT2D eigenvalue weighted by Gasteiger charge is -2.28. The Balaban J connectivity index is 1.58. The summed E-state index contributed by atoms with van der Waals surface area (Å²) in [5.74, 6) is 0.577. The van der Waals surface area contributed by atoms with Crippen LogP contribution in [0.4, 0.5) is 22.7 Å². The van der Waals surface area contributed by atoms with E-state index < -0.39 is 16.1 Å². The highest BCUT2D eigenvalue weighted by molar-refractivity contribution is 7.85. The second-order valence-corrected chi connectivity index (χ2v) is 10.4. The molecule has 0 bridgehead atoms. The predicted octanol–water partition coefficient (Wildman–Crippen LogP) is 1.96. The highest BCUT2D eigenvalue weighted by atomic mass is 32.2. The van der Waals surface area contributed by atoms with E-state index >= 15 is 0 Å². The number of ether oxygens (including phenoxy) is 1. The number of nitrogens with zero attached hydrogens (tertiary/aromatic N) is 4. The summed E-state index contributed by atoms with van der Waals surface area (Å²) in [7, 11) is -4.28. The topological polar surface area (TPSA) is 176 Å². The van der Waals surface area contributed by atoms with Gasteiger partial charge in [-0.05, 0) is 31.5 Å². The molecule has 196 valence electrons. The molecule has 0 spiro atoms. The lowest BCUT2D eigenvalue weighted by molar-refractivity contribution is -0.120. The van der Waals surface area contributed by atoms with E-state index in [9.17, 15) is 18.0 Å². The number of aryl methyl sites for hydroxylation is 1. The number of benzene rings is 1. The average Bonchev–Trinajstić information content (AvgIpc) is 3.22. The summed E-state index contributed by atoms with van der Waals surface area (Å²) in [5.41, 5.74) is 1.26. The van der Waals surface area contributed by atoms with Gasteiger partial charge in [0.15, 0.2) is 5.13 Å². The lowest BCUT2D eigenvalue weighted by Crippen LogP contribution is -2.48. The first-order chi connectivity index (χ1) is 17.6. The Morgan fingerprint density at radius 2 is 2.00 bits per heavy atom. The lowest BCUT2D eigenvalue weighted by atomic mass is 10.2. The summed E-state index contributed by atoms with van der Waals surface area (Å²) in [4.78, 5) is 39.5. The van der Waals surface area contributed by atoms with Crippen molar-refractivity contribution in [3.8, 4) is 0 Å². The largest absolute Gasteiger partial charge is 0.462 e. The van der Waals surface area contributed by atoms with Crippen LogP contribution in [0.2, 0.25) is 0 Å². The average molecular weight is 548 g/mol. The van der Waals surface area contributed by atoms with Gasteiger partial charge in [0.1, 0.15) is 16.5 Å². The maximum atomic E-state index is 12.2. The smallest absolute Gasteiger partial charge is 0.350 e. The van der Waals surface area contributed by atoms with E-state index in [1.54, 1.807) is 32.0 Å². The highest BCUT2D eigenvalue weighted by Gasteiger charge is 2.21. The molecule has 0 radical (unpaired) electrons. The molecule has 0 unspecified atom stereocenters. The number of anilines is 4. The van der Waals surface area contributed by atoms with E-state index in [0.29, 0.717) is 47.0 Å². The number of carbonyl (C=O) groups excluding carboxylic acids is 2. The summed E-state index contributed by atoms with van der Waals surface area (Å²) in [5, 5.41) is 9.38. The summed E-state index contributed by atoms with van der Waals surface area (Å²) >= 11 is 1.12. The number of amides is 1. The molecule has 1 saturated heterocycles. The molecular weight excluding hydrogens is 522 g/mol. The highest BCUT2D eigenvalue weighted by Crippen LogP contribution is 2.27. The third-order valence-corrected chi connectivity index (χ3v) is 7.17. The second kappa shape index (κ2) is 11.1. The normalized spacial score (nSPS) is 13.7. The minimum Gasteiger partial charge on any atom is -0.462 e. The Labute approximate surface area is 217 Å². The van der Waals surface area contributed by atoms with Crippen molar-refractivity contribution in [3.05, 3.63) is 46.5 Å². The number of hydrogen-bond acceptors (Lipinski definition) is 12. The molecule has 1 fully saturated rings. The summed E-state index contributed by atoms with van der Waals surface area (Å²) in [6, 6.07) is 7.46. The van der Waals surface area contributed by atoms with Crippen molar-refractivity contribution in [3.63, 3.8) is 0 Å². The van der Waals surface area contributed by atoms with Crippen LogP contribution in [0.5, 0.6) is 0 Å². The number of nitrogens with one attached hydrogen (secondary N) is 3. The van der Waals surface area contributed by atoms with Crippen LogP contribution in [0.1, 0.15) is 27.9 Å². The molecule has 15 heteroatoms. The number of carbonyl (C=O) groups is 2. The molecule has 0 saturated carbocycles. The molecule has 3 aromatic rings. The van der Waals surface area contributed by atoms with Crippen molar-refractivity contribution in [2.75, 3.05) is 41.8 Å². The molecule has 1 aliphatic heterocycles. The molecule has 0 aliphatic carbocycles. The fourth-order valence-corrected chi connectivity index (χ4v) is 4.81. The van der Waals surface area contributed by atoms with E-state index in [1.165, 1.54) is 12.1 Å². The first-order valence-electron chi connectivity index (χ1n) is 11.2. The zero-order valence-corrected chi connectivity index (χ0v) is 21.6. The quantitative estimate of drug-likeness (QED) is 0.227. The van der Waals surface area contributed by atoms with E-state index in [2.05, 4.69) is 30.9 Å². The zero-order chi connectivity index (χ0) is 26.6. The summed E-state index contributed by atoms with van der Waals surface area (Å²) in [6.07, 6.45) is 0. The maximum Gasteiger partial charge on any atom is 0.350 e. The molecular formula is C22H25N7O6S2. The molecule has 1 amide bonds. The second-order valence-electron chi connectivity index (χ2n) is 7.96. The predicted molar refractivity (Wildman–Crippen MR) is 137 cm³/mol. The molecule has 3 heterocycles. The van der Waals surface area contributed by atoms with Crippen LogP contribution in [0.15, 0.2) is 35.2 Å². The molecule has 1 aliphatic rings. The van der Waals surface area contributed by atoms with Crippen molar-refractivity contribution in [1.82, 2.24) is 20.3 Å². The number of aromatic nitrogens is 3. The van der Waals surface area contributed by atoms with Crippen LogP contribution < -0.4 is 20.9 Å². The van der Waals surface area contributed by atoms with Crippen LogP contribution >= 0.6 is 11.3 Å². The van der Waals surface area contributed by atoms with Gasteiger partial charge in [-0.25, -0.2) is 9.78 Å². The number of rotatable bonds is 9. The summed E-state index contributed by atoms with van der Waals surface area (Å²) < 4.78 is 36.8. The van der Waals surface area contributed by atoms with Gasteiger partial charge < -0.3 is 20.3 Å². The van der Waals surface area contributed by atoms with E-state index in [1.807, 2.05) is 4.90 Å². The van der Waals surface area contributed by atoms with E-state index in [4.69, 9.17) is 9.29 Å². The van der Waals surface area contributed by atoms with Gasteiger partial charge in [0.25, 0.3) is 10.1 Å². The number of esters is 1. The van der Waals surface area contributed by atoms with E-state index in [0.717, 1.165) is 16.9 Å². The molecule has 0 atom stereocenters. The molecule has 2 aromatic heterocycles. The van der Waals surface area contributed by atoms with E-state index in [-0.39, 0.29) is 29.9 Å². The Kier molecular flexibility index (Phi) is 7.85. The van der Waals surface area contributed by atoms with Gasteiger partial charge in [0.2, 0.25) is 11.9 Å².